The Bertz CT molecular complexity index is 993. The Hall–Kier alpha value is -2.84. The molecule has 0 spiro atoms. The maximum absolute atomic E-state index is 11.9. The quantitative estimate of drug-likeness (QED) is 0.574. The van der Waals surface area contributed by atoms with Crippen molar-refractivity contribution in [1.82, 2.24) is 9.97 Å². The summed E-state index contributed by atoms with van der Waals surface area (Å²) in [4.78, 5) is 20.4. The number of hydrogen-bond donors (Lipinski definition) is 3. The highest BCUT2D eigenvalue weighted by molar-refractivity contribution is 7.78. The van der Waals surface area contributed by atoms with E-state index in [9.17, 15) is 13.6 Å². The number of amides is 1. The maximum Gasteiger partial charge on any atom is 0.252 e. The second kappa shape index (κ2) is 7.59. The third-order valence-corrected chi connectivity index (χ3v) is 4.56. The summed E-state index contributed by atoms with van der Waals surface area (Å²) in [5.74, 6) is -0.615. The number of pyridine rings is 2. The molecule has 8 heteroatoms. The molecule has 2 aromatic heterocycles. The number of aryl methyl sites for hydroxylation is 1. The minimum absolute atomic E-state index is 0.00390. The third kappa shape index (κ3) is 3.71. The lowest BCUT2D eigenvalue weighted by molar-refractivity contribution is 0.100. The van der Waals surface area contributed by atoms with Crippen molar-refractivity contribution in [3.8, 4) is 0 Å². The van der Waals surface area contributed by atoms with E-state index in [0.29, 0.717) is 28.7 Å². The van der Waals surface area contributed by atoms with Gasteiger partial charge in [-0.2, -0.15) is 0 Å². The molecule has 3 rings (SSSR count). The normalized spacial score (nSPS) is 12.1. The highest BCUT2D eigenvalue weighted by atomic mass is 32.2. The first-order valence-corrected chi connectivity index (χ1v) is 9.26. The summed E-state index contributed by atoms with van der Waals surface area (Å²) >= 11 is -1.97. The van der Waals surface area contributed by atoms with E-state index in [1.165, 1.54) is 6.20 Å². The van der Waals surface area contributed by atoms with Crippen LogP contribution in [-0.4, -0.2) is 24.6 Å². The summed E-state index contributed by atoms with van der Waals surface area (Å²) < 4.78 is 20.5. The number of primary amides is 1. The summed E-state index contributed by atoms with van der Waals surface area (Å²) in [6.07, 6.45) is 5.42. The second-order valence-electron chi connectivity index (χ2n) is 5.75. The van der Waals surface area contributed by atoms with Gasteiger partial charge in [-0.25, -0.2) is 4.21 Å². The van der Waals surface area contributed by atoms with Crippen LogP contribution in [0.2, 0.25) is 0 Å². The Morgan fingerprint density at radius 3 is 2.77 bits per heavy atom. The van der Waals surface area contributed by atoms with Gasteiger partial charge in [0, 0.05) is 17.8 Å². The third-order valence-electron chi connectivity index (χ3n) is 3.98. The van der Waals surface area contributed by atoms with Crippen LogP contribution in [0.15, 0.2) is 42.9 Å². The van der Waals surface area contributed by atoms with Crippen LogP contribution in [0, 0.1) is 0 Å². The van der Waals surface area contributed by atoms with E-state index in [-0.39, 0.29) is 11.3 Å². The lowest BCUT2D eigenvalue weighted by Gasteiger charge is -2.15. The summed E-state index contributed by atoms with van der Waals surface area (Å²) in [7, 11) is 0. The lowest BCUT2D eigenvalue weighted by Crippen LogP contribution is -2.14. The Balaban J connectivity index is 2.27. The number of carbonyl (C=O) groups is 1. The van der Waals surface area contributed by atoms with Crippen molar-refractivity contribution in [3.63, 3.8) is 0 Å². The number of carbonyl (C=O) groups excluding carboxylic acids is 1. The smallest absolute Gasteiger partial charge is 0.252 e. The van der Waals surface area contributed by atoms with Crippen molar-refractivity contribution in [2.75, 3.05) is 5.32 Å². The van der Waals surface area contributed by atoms with Gasteiger partial charge >= 0.3 is 0 Å². The fourth-order valence-electron chi connectivity index (χ4n) is 2.84. The van der Waals surface area contributed by atoms with Gasteiger partial charge < -0.3 is 15.6 Å². The van der Waals surface area contributed by atoms with Crippen LogP contribution in [0.5, 0.6) is 0 Å². The molecular weight excluding hydrogens is 352 g/mol. The van der Waals surface area contributed by atoms with E-state index < -0.39 is 17.0 Å². The highest BCUT2D eigenvalue weighted by Gasteiger charge is 2.17. The van der Waals surface area contributed by atoms with Crippen molar-refractivity contribution in [1.29, 1.82) is 0 Å². The highest BCUT2D eigenvalue weighted by Crippen LogP contribution is 2.32. The molecule has 1 unspecified atom stereocenters. The molecule has 0 fully saturated rings. The molecule has 1 atom stereocenters. The maximum atomic E-state index is 11.9. The minimum Gasteiger partial charge on any atom is -0.365 e. The van der Waals surface area contributed by atoms with Crippen LogP contribution in [0.25, 0.3) is 10.9 Å². The van der Waals surface area contributed by atoms with Crippen molar-refractivity contribution in [2.24, 2.45) is 5.73 Å². The molecular formula is C18H18N4O3S. The minimum atomic E-state index is -1.97. The molecule has 26 heavy (non-hydrogen) atoms. The number of aromatic nitrogens is 2. The van der Waals surface area contributed by atoms with E-state index in [0.717, 1.165) is 11.1 Å². The van der Waals surface area contributed by atoms with Crippen LogP contribution in [0.3, 0.4) is 0 Å². The summed E-state index contributed by atoms with van der Waals surface area (Å²) in [6, 6.07) is 7.22. The lowest BCUT2D eigenvalue weighted by atomic mass is 10.0. The summed E-state index contributed by atoms with van der Waals surface area (Å²) in [5.41, 5.74) is 9.30. The van der Waals surface area contributed by atoms with E-state index >= 15 is 0 Å². The van der Waals surface area contributed by atoms with E-state index in [1.807, 2.05) is 19.1 Å². The number of hydrogen-bond acceptors (Lipinski definition) is 5. The van der Waals surface area contributed by atoms with Gasteiger partial charge in [0.25, 0.3) is 5.91 Å². The van der Waals surface area contributed by atoms with Crippen LogP contribution in [-0.2, 0) is 23.3 Å². The molecule has 2 heterocycles. The fourth-order valence-corrected chi connectivity index (χ4v) is 3.29. The zero-order valence-corrected chi connectivity index (χ0v) is 14.9. The molecule has 0 aliphatic carbocycles. The zero-order chi connectivity index (χ0) is 18.7. The number of nitrogens with two attached hydrogens (primary N) is 1. The molecule has 4 N–H and O–H groups in total. The predicted octanol–water partition coefficient (Wildman–Crippen LogP) is 2.76. The molecule has 0 aliphatic rings. The molecule has 1 aromatic carbocycles. The molecule has 1 amide bonds. The zero-order valence-electron chi connectivity index (χ0n) is 14.1. The van der Waals surface area contributed by atoms with E-state index in [4.69, 9.17) is 5.73 Å². The average molecular weight is 370 g/mol. The van der Waals surface area contributed by atoms with E-state index in [1.54, 1.807) is 24.5 Å². The number of benzene rings is 1. The standard InChI is InChI=1S/C18H18N4O3S/c1-2-12-6-11(10-26(24)25)7-14-16(12)21-9-15(18(19)23)17(14)22-13-4-3-5-20-8-13/h3-9H,2,10H2,1H3,(H2,19,23)(H,21,22)(H,24,25). The molecule has 7 nitrogen and oxygen atoms in total. The van der Waals surface area contributed by atoms with Gasteiger partial charge in [-0.1, -0.05) is 13.0 Å². The Labute approximate surface area is 152 Å². The molecule has 3 aromatic rings. The van der Waals surface area contributed by atoms with Crippen LogP contribution in [0.1, 0.15) is 28.4 Å². The van der Waals surface area contributed by atoms with Crippen LogP contribution in [0.4, 0.5) is 11.4 Å². The van der Waals surface area contributed by atoms with Gasteiger partial charge in [0.15, 0.2) is 11.1 Å². The molecule has 0 aliphatic heterocycles. The average Bonchev–Trinajstić information content (AvgIpc) is 2.61. The van der Waals surface area contributed by atoms with Crippen LogP contribution < -0.4 is 11.1 Å². The summed E-state index contributed by atoms with van der Waals surface area (Å²) in [5, 5.41) is 3.86. The predicted molar refractivity (Wildman–Crippen MR) is 102 cm³/mol. The van der Waals surface area contributed by atoms with Crippen molar-refractivity contribution >= 4 is 39.3 Å². The van der Waals surface area contributed by atoms with Gasteiger partial charge in [-0.05, 0) is 35.7 Å². The molecule has 0 bridgehead atoms. The van der Waals surface area contributed by atoms with Crippen molar-refractivity contribution in [3.05, 3.63) is 59.5 Å². The molecule has 0 saturated carbocycles. The molecule has 134 valence electrons. The van der Waals surface area contributed by atoms with Gasteiger partial charge in [-0.15, -0.1) is 0 Å². The molecule has 0 saturated heterocycles. The van der Waals surface area contributed by atoms with Crippen molar-refractivity contribution < 1.29 is 13.6 Å². The number of nitrogens with zero attached hydrogens (tertiary/aromatic N) is 2. The first-order chi connectivity index (χ1) is 12.5. The van der Waals surface area contributed by atoms with Gasteiger partial charge in [0.05, 0.1) is 34.4 Å². The first-order valence-electron chi connectivity index (χ1n) is 7.98. The number of anilines is 2. The Kier molecular flexibility index (Phi) is 5.24. The molecule has 0 radical (unpaired) electrons. The second-order valence-corrected chi connectivity index (χ2v) is 6.68. The van der Waals surface area contributed by atoms with Gasteiger partial charge in [0.2, 0.25) is 0 Å². The Morgan fingerprint density at radius 1 is 1.35 bits per heavy atom. The Morgan fingerprint density at radius 2 is 2.15 bits per heavy atom. The van der Waals surface area contributed by atoms with Crippen LogP contribution >= 0.6 is 0 Å². The SMILES string of the molecule is CCc1cc(CS(=O)O)cc2c(Nc3cccnc3)c(C(N)=O)cnc12. The van der Waals surface area contributed by atoms with Gasteiger partial charge in [0.1, 0.15) is 0 Å². The fraction of sp³-hybridized carbons (Fsp3) is 0.167. The van der Waals surface area contributed by atoms with Gasteiger partial charge in [-0.3, -0.25) is 14.8 Å². The van der Waals surface area contributed by atoms with E-state index in [2.05, 4.69) is 15.3 Å². The number of fused-ring (bicyclic) bond motifs is 1. The monoisotopic (exact) mass is 370 g/mol. The summed E-state index contributed by atoms with van der Waals surface area (Å²) in [6.45, 7) is 1.98. The first kappa shape index (κ1) is 18.0. The number of nitrogens with one attached hydrogen (secondary N) is 1. The largest absolute Gasteiger partial charge is 0.365 e. The number of rotatable bonds is 6. The van der Waals surface area contributed by atoms with Crippen molar-refractivity contribution in [2.45, 2.75) is 19.1 Å². The topological polar surface area (TPSA) is 118 Å².